The van der Waals surface area contributed by atoms with E-state index in [1.54, 1.807) is 6.07 Å². The van der Waals surface area contributed by atoms with Crippen LogP contribution in [0.15, 0.2) is 12.1 Å². The molecule has 1 aromatic carbocycles. The Kier molecular flexibility index (Phi) is 5.21. The molecule has 0 unspecified atom stereocenters. The van der Waals surface area contributed by atoms with Gasteiger partial charge >= 0.3 is 0 Å². The first-order valence-electron chi connectivity index (χ1n) is 7.14. The average Bonchev–Trinajstić information content (AvgIpc) is 2.54. The number of nitrogens with two attached hydrogens (primary N) is 1. The minimum absolute atomic E-state index is 0.0740. The lowest BCUT2D eigenvalue weighted by Crippen LogP contribution is -2.35. The van der Waals surface area contributed by atoms with Gasteiger partial charge in [-0.25, -0.2) is 0 Å². The molecular formula is C15H21N3O4. The molecule has 0 aromatic heterocycles. The number of carbonyl (C=O) groups excluding carboxylic acids is 2. The lowest BCUT2D eigenvalue weighted by Gasteiger charge is -2.22. The van der Waals surface area contributed by atoms with Gasteiger partial charge in [0.15, 0.2) is 11.5 Å². The molecule has 0 radical (unpaired) electrons. The second kappa shape index (κ2) is 7.13. The van der Waals surface area contributed by atoms with Crippen molar-refractivity contribution in [3.63, 3.8) is 0 Å². The number of methoxy groups -OCH3 is 2. The third-order valence-corrected chi connectivity index (χ3v) is 3.76. The van der Waals surface area contributed by atoms with Crippen LogP contribution in [0.3, 0.4) is 0 Å². The Hall–Kier alpha value is -2.28. The number of carbonyl (C=O) groups is 2. The van der Waals surface area contributed by atoms with Gasteiger partial charge in [0.05, 0.1) is 25.5 Å². The second-order valence-electron chi connectivity index (χ2n) is 5.13. The van der Waals surface area contributed by atoms with E-state index in [9.17, 15) is 9.59 Å². The molecule has 0 bridgehead atoms. The molecule has 1 aliphatic heterocycles. The quantitative estimate of drug-likeness (QED) is 0.744. The summed E-state index contributed by atoms with van der Waals surface area (Å²) >= 11 is 0. The van der Waals surface area contributed by atoms with Gasteiger partial charge in [-0.2, -0.15) is 0 Å². The van der Waals surface area contributed by atoms with Crippen molar-refractivity contribution in [2.24, 2.45) is 11.7 Å². The first-order chi connectivity index (χ1) is 10.6. The molecule has 7 heteroatoms. The molecular weight excluding hydrogens is 286 g/mol. The summed E-state index contributed by atoms with van der Waals surface area (Å²) in [6, 6.07) is 3.02. The van der Waals surface area contributed by atoms with Crippen LogP contribution in [0.1, 0.15) is 23.2 Å². The summed E-state index contributed by atoms with van der Waals surface area (Å²) in [7, 11) is 2.95. The van der Waals surface area contributed by atoms with Crippen molar-refractivity contribution < 1.29 is 19.1 Å². The normalized spacial score (nSPS) is 15.2. The maximum Gasteiger partial charge on any atom is 0.250 e. The predicted octanol–water partition coefficient (Wildman–Crippen LogP) is 0.741. The number of amides is 2. The number of primary amides is 1. The van der Waals surface area contributed by atoms with Gasteiger partial charge in [0, 0.05) is 12.0 Å². The zero-order valence-corrected chi connectivity index (χ0v) is 12.8. The minimum atomic E-state index is -0.637. The van der Waals surface area contributed by atoms with Gasteiger partial charge in [-0.3, -0.25) is 9.59 Å². The van der Waals surface area contributed by atoms with Crippen molar-refractivity contribution in [2.75, 3.05) is 32.6 Å². The van der Waals surface area contributed by atoms with Crippen LogP contribution in [0.2, 0.25) is 0 Å². The molecule has 1 heterocycles. The van der Waals surface area contributed by atoms with Crippen LogP contribution >= 0.6 is 0 Å². The Bertz CT molecular complexity index is 568. The summed E-state index contributed by atoms with van der Waals surface area (Å²) in [5.41, 5.74) is 5.92. The molecule has 0 saturated carbocycles. The molecule has 0 spiro atoms. The summed E-state index contributed by atoms with van der Waals surface area (Å²) in [6.07, 6.45) is 1.54. The average molecular weight is 307 g/mol. The third kappa shape index (κ3) is 3.48. The number of ether oxygens (including phenoxy) is 2. The third-order valence-electron chi connectivity index (χ3n) is 3.76. The maximum atomic E-state index is 12.3. The van der Waals surface area contributed by atoms with Crippen LogP contribution in [0.4, 0.5) is 5.69 Å². The molecule has 2 rings (SSSR count). The standard InChI is InChI=1S/C15H21N3O4/c1-21-12-7-10(14(16)19)11(8-13(12)22-2)18-15(20)9-3-5-17-6-4-9/h7-9,17H,3-6H2,1-2H3,(H2,16,19)(H,18,20). The van der Waals surface area contributed by atoms with Crippen molar-refractivity contribution in [1.29, 1.82) is 0 Å². The fraction of sp³-hybridized carbons (Fsp3) is 0.467. The zero-order valence-electron chi connectivity index (χ0n) is 12.8. The largest absolute Gasteiger partial charge is 0.493 e. The Balaban J connectivity index is 2.27. The van der Waals surface area contributed by atoms with E-state index in [1.165, 1.54) is 20.3 Å². The summed E-state index contributed by atoms with van der Waals surface area (Å²) in [5, 5.41) is 5.99. The smallest absolute Gasteiger partial charge is 0.250 e. The van der Waals surface area contributed by atoms with E-state index in [0.717, 1.165) is 25.9 Å². The van der Waals surface area contributed by atoms with Crippen LogP contribution in [0.25, 0.3) is 0 Å². The highest BCUT2D eigenvalue weighted by Crippen LogP contribution is 2.33. The number of piperidine rings is 1. The molecule has 0 aliphatic carbocycles. The molecule has 2 amide bonds. The van der Waals surface area contributed by atoms with E-state index in [4.69, 9.17) is 15.2 Å². The van der Waals surface area contributed by atoms with Crippen LogP contribution in [0, 0.1) is 5.92 Å². The van der Waals surface area contributed by atoms with Crippen molar-refractivity contribution >= 4 is 17.5 Å². The molecule has 120 valence electrons. The topological polar surface area (TPSA) is 103 Å². The van der Waals surface area contributed by atoms with E-state index in [1.807, 2.05) is 0 Å². The Morgan fingerprint density at radius 2 is 1.77 bits per heavy atom. The Morgan fingerprint density at radius 1 is 1.18 bits per heavy atom. The van der Waals surface area contributed by atoms with Gasteiger partial charge in [-0.1, -0.05) is 0 Å². The monoisotopic (exact) mass is 307 g/mol. The highest BCUT2D eigenvalue weighted by atomic mass is 16.5. The number of hydrogen-bond donors (Lipinski definition) is 3. The van der Waals surface area contributed by atoms with Gasteiger partial charge in [0.2, 0.25) is 5.91 Å². The maximum absolute atomic E-state index is 12.3. The first kappa shape index (κ1) is 16.1. The molecule has 22 heavy (non-hydrogen) atoms. The lowest BCUT2D eigenvalue weighted by atomic mass is 9.97. The van der Waals surface area contributed by atoms with Crippen LogP contribution in [0.5, 0.6) is 11.5 Å². The molecule has 1 saturated heterocycles. The molecule has 1 aromatic rings. The fourth-order valence-corrected chi connectivity index (χ4v) is 2.51. The molecule has 1 aliphatic rings. The van der Waals surface area contributed by atoms with Gasteiger partial charge in [-0.15, -0.1) is 0 Å². The van der Waals surface area contributed by atoms with Crippen molar-refractivity contribution in [3.05, 3.63) is 17.7 Å². The van der Waals surface area contributed by atoms with Crippen molar-refractivity contribution in [1.82, 2.24) is 5.32 Å². The number of hydrogen-bond acceptors (Lipinski definition) is 5. The van der Waals surface area contributed by atoms with E-state index in [0.29, 0.717) is 17.2 Å². The van der Waals surface area contributed by atoms with E-state index in [-0.39, 0.29) is 17.4 Å². The van der Waals surface area contributed by atoms with Crippen molar-refractivity contribution in [2.45, 2.75) is 12.8 Å². The summed E-state index contributed by atoms with van der Waals surface area (Å²) in [4.78, 5) is 23.9. The Morgan fingerprint density at radius 3 is 2.32 bits per heavy atom. The van der Waals surface area contributed by atoms with E-state index in [2.05, 4.69) is 10.6 Å². The first-order valence-corrected chi connectivity index (χ1v) is 7.14. The van der Waals surface area contributed by atoms with E-state index >= 15 is 0 Å². The van der Waals surface area contributed by atoms with Gasteiger partial charge < -0.3 is 25.8 Å². The number of rotatable bonds is 5. The van der Waals surface area contributed by atoms with Gasteiger partial charge in [-0.05, 0) is 32.0 Å². The van der Waals surface area contributed by atoms with Crippen LogP contribution in [-0.4, -0.2) is 39.1 Å². The highest BCUT2D eigenvalue weighted by molar-refractivity contribution is 6.04. The molecule has 7 nitrogen and oxygen atoms in total. The summed E-state index contributed by atoms with van der Waals surface area (Å²) in [6.45, 7) is 1.62. The molecule has 0 atom stereocenters. The van der Waals surface area contributed by atoms with Crippen LogP contribution < -0.4 is 25.8 Å². The molecule has 1 fully saturated rings. The number of anilines is 1. The lowest BCUT2D eigenvalue weighted by molar-refractivity contribution is -0.120. The second-order valence-corrected chi connectivity index (χ2v) is 5.13. The SMILES string of the molecule is COc1cc(NC(=O)C2CCNCC2)c(C(N)=O)cc1OC. The van der Waals surface area contributed by atoms with Crippen molar-refractivity contribution in [3.8, 4) is 11.5 Å². The van der Waals surface area contributed by atoms with Crippen LogP contribution in [-0.2, 0) is 4.79 Å². The summed E-state index contributed by atoms with van der Waals surface area (Å²) < 4.78 is 10.3. The Labute approximate surface area is 129 Å². The molecule has 4 N–H and O–H groups in total. The predicted molar refractivity (Wildman–Crippen MR) is 82.3 cm³/mol. The van der Waals surface area contributed by atoms with E-state index < -0.39 is 5.91 Å². The minimum Gasteiger partial charge on any atom is -0.493 e. The van der Waals surface area contributed by atoms with Gasteiger partial charge in [0.1, 0.15) is 0 Å². The highest BCUT2D eigenvalue weighted by Gasteiger charge is 2.23. The van der Waals surface area contributed by atoms with Gasteiger partial charge in [0.25, 0.3) is 5.91 Å². The number of benzene rings is 1. The summed E-state index contributed by atoms with van der Waals surface area (Å²) in [5.74, 6) is -0.0165. The fourth-order valence-electron chi connectivity index (χ4n) is 2.51. The zero-order chi connectivity index (χ0) is 16.1. The number of nitrogens with one attached hydrogen (secondary N) is 2.